The number of hydrogen-bond donors (Lipinski definition) is 0. The molecular weight excluding hydrogens is 338 g/mol. The van der Waals surface area contributed by atoms with Gasteiger partial charge in [-0.3, -0.25) is 14.4 Å². The van der Waals surface area contributed by atoms with Gasteiger partial charge in [0, 0.05) is 6.92 Å². The van der Waals surface area contributed by atoms with Crippen LogP contribution in [0.1, 0.15) is 6.92 Å². The monoisotopic (exact) mass is 349 g/mol. The summed E-state index contributed by atoms with van der Waals surface area (Å²) >= 11 is 0. The second-order valence-corrected chi connectivity index (χ2v) is 5.69. The Morgan fingerprint density at radius 3 is 2.50 bits per heavy atom. The summed E-state index contributed by atoms with van der Waals surface area (Å²) < 4.78 is 45.7. The van der Waals surface area contributed by atoms with Crippen molar-refractivity contribution in [2.75, 3.05) is 6.61 Å². The van der Waals surface area contributed by atoms with Crippen molar-refractivity contribution in [1.82, 2.24) is 0 Å². The van der Waals surface area contributed by atoms with E-state index in [9.17, 15) is 33.1 Å². The largest absolute Gasteiger partial charge is 0.544 e. The van der Waals surface area contributed by atoms with Crippen LogP contribution in [-0.2, 0) is 38.1 Å². The molecule has 0 N–H and O–H groups in total. The molecular formula is C13H11F2O9-. The van der Waals surface area contributed by atoms with Crippen LogP contribution in [0.25, 0.3) is 0 Å². The summed E-state index contributed by atoms with van der Waals surface area (Å²) in [5.74, 6) is -12.2. The minimum atomic E-state index is -4.37. The van der Waals surface area contributed by atoms with Gasteiger partial charge in [0.1, 0.15) is 30.0 Å². The van der Waals surface area contributed by atoms with Crippen LogP contribution in [-0.4, -0.2) is 60.8 Å². The van der Waals surface area contributed by atoms with E-state index in [-0.39, 0.29) is 0 Å². The van der Waals surface area contributed by atoms with E-state index in [1.54, 1.807) is 0 Å². The maximum Gasteiger partial charge on any atom is 0.320 e. The predicted molar refractivity (Wildman–Crippen MR) is 62.0 cm³/mol. The molecule has 3 fully saturated rings. The maximum absolute atomic E-state index is 13.0. The first-order chi connectivity index (χ1) is 11.1. The predicted octanol–water partition coefficient (Wildman–Crippen LogP) is -2.21. The minimum absolute atomic E-state index is 0.703. The first-order valence-electron chi connectivity index (χ1n) is 6.92. The number of carboxylic acids is 1. The Balaban J connectivity index is 1.75. The molecule has 132 valence electrons. The van der Waals surface area contributed by atoms with Crippen LogP contribution >= 0.6 is 0 Å². The summed E-state index contributed by atoms with van der Waals surface area (Å²) in [7, 11) is 0. The molecule has 0 aromatic carbocycles. The molecule has 6 unspecified atom stereocenters. The highest BCUT2D eigenvalue weighted by Crippen LogP contribution is 2.51. The van der Waals surface area contributed by atoms with Crippen LogP contribution < -0.4 is 5.11 Å². The van der Waals surface area contributed by atoms with Gasteiger partial charge in [0.25, 0.3) is 0 Å². The number of fused-ring (bicyclic) bond motifs is 1. The second kappa shape index (κ2) is 5.36. The Bertz CT molecular complexity index is 619. The lowest BCUT2D eigenvalue weighted by Gasteiger charge is -2.27. The zero-order valence-electron chi connectivity index (χ0n) is 12.1. The fourth-order valence-electron chi connectivity index (χ4n) is 3.25. The van der Waals surface area contributed by atoms with E-state index in [1.165, 1.54) is 0 Å². The van der Waals surface area contributed by atoms with E-state index in [1.807, 2.05) is 0 Å². The van der Waals surface area contributed by atoms with E-state index in [4.69, 9.17) is 14.2 Å². The fourth-order valence-corrected chi connectivity index (χ4v) is 3.25. The summed E-state index contributed by atoms with van der Waals surface area (Å²) in [5.41, 5.74) is 0. The van der Waals surface area contributed by atoms with Crippen molar-refractivity contribution in [3.8, 4) is 0 Å². The zero-order valence-corrected chi connectivity index (χ0v) is 12.1. The molecule has 3 saturated heterocycles. The van der Waals surface area contributed by atoms with E-state index in [2.05, 4.69) is 4.74 Å². The molecule has 6 atom stereocenters. The van der Waals surface area contributed by atoms with Gasteiger partial charge in [-0.25, -0.2) is 0 Å². The number of aliphatic carboxylic acids is 1. The highest BCUT2D eigenvalue weighted by molar-refractivity contribution is 5.87. The summed E-state index contributed by atoms with van der Waals surface area (Å²) in [4.78, 5) is 45.3. The molecule has 3 heterocycles. The van der Waals surface area contributed by atoms with Gasteiger partial charge in [0.15, 0.2) is 18.8 Å². The van der Waals surface area contributed by atoms with Gasteiger partial charge in [-0.2, -0.15) is 8.78 Å². The lowest BCUT2D eigenvalue weighted by molar-refractivity contribution is -0.331. The van der Waals surface area contributed by atoms with Gasteiger partial charge in [-0.05, 0) is 0 Å². The van der Waals surface area contributed by atoms with Crippen molar-refractivity contribution in [1.29, 1.82) is 0 Å². The molecule has 0 aliphatic carbocycles. The Morgan fingerprint density at radius 2 is 1.92 bits per heavy atom. The van der Waals surface area contributed by atoms with Gasteiger partial charge in [0.2, 0.25) is 0 Å². The number of esters is 3. The summed E-state index contributed by atoms with van der Waals surface area (Å²) in [5, 5.41) is 10.2. The van der Waals surface area contributed by atoms with Gasteiger partial charge in [-0.15, -0.1) is 0 Å². The van der Waals surface area contributed by atoms with Crippen LogP contribution in [0.3, 0.4) is 0 Å². The molecule has 0 radical (unpaired) electrons. The average Bonchev–Trinajstić information content (AvgIpc) is 3.07. The zero-order chi connectivity index (χ0) is 17.8. The van der Waals surface area contributed by atoms with Crippen LogP contribution in [0, 0.1) is 11.8 Å². The van der Waals surface area contributed by atoms with Crippen LogP contribution in [0.2, 0.25) is 0 Å². The van der Waals surface area contributed by atoms with E-state index >= 15 is 0 Å². The third kappa shape index (κ3) is 2.39. The highest BCUT2D eigenvalue weighted by atomic mass is 19.3. The number of carbonyl (C=O) groups is 4. The Morgan fingerprint density at radius 1 is 1.25 bits per heavy atom. The molecule has 9 nitrogen and oxygen atoms in total. The lowest BCUT2D eigenvalue weighted by atomic mass is 9.78. The highest BCUT2D eigenvalue weighted by Gasteiger charge is 2.72. The van der Waals surface area contributed by atoms with Gasteiger partial charge in [0.05, 0.1) is 0 Å². The number of halogens is 2. The fraction of sp³-hybridized carbons (Fsp3) is 0.692. The summed E-state index contributed by atoms with van der Waals surface area (Å²) in [6.07, 6.45) is -3.88. The first-order valence-corrected chi connectivity index (χ1v) is 6.92. The lowest BCUT2D eigenvalue weighted by Crippen LogP contribution is -2.49. The molecule has 24 heavy (non-hydrogen) atoms. The third-order valence-electron chi connectivity index (χ3n) is 4.17. The van der Waals surface area contributed by atoms with Gasteiger partial charge in [-0.1, -0.05) is 0 Å². The van der Waals surface area contributed by atoms with Crippen molar-refractivity contribution >= 4 is 23.9 Å². The molecule has 3 rings (SSSR count). The van der Waals surface area contributed by atoms with Crippen molar-refractivity contribution < 1.29 is 52.0 Å². The van der Waals surface area contributed by atoms with Crippen LogP contribution in [0.4, 0.5) is 8.78 Å². The van der Waals surface area contributed by atoms with Crippen LogP contribution in [0.15, 0.2) is 0 Å². The smallest absolute Gasteiger partial charge is 0.320 e. The van der Waals surface area contributed by atoms with Crippen molar-refractivity contribution in [3.05, 3.63) is 0 Å². The van der Waals surface area contributed by atoms with E-state index < -0.39 is 72.7 Å². The topological polar surface area (TPSA) is 128 Å². The Hall–Kier alpha value is -2.30. The summed E-state index contributed by atoms with van der Waals surface area (Å²) in [6, 6.07) is 0. The van der Waals surface area contributed by atoms with E-state index in [0.717, 1.165) is 6.92 Å². The standard InChI is InChI=1S/C13H12F2O9/c1-3(16)22-8-6-4(5-7(23-6)9(8)24-11(5)18)10(17)21-2-13(14,15)12(19)20/h4-9H,2H2,1H3,(H,19,20)/p-1. The molecule has 0 amide bonds. The average molecular weight is 349 g/mol. The number of carbonyl (C=O) groups excluding carboxylic acids is 4. The first kappa shape index (κ1) is 16.6. The number of alkyl halides is 2. The van der Waals surface area contributed by atoms with E-state index in [0.29, 0.717) is 0 Å². The SMILES string of the molecule is CC(=O)OC1C2OC(=O)C3C2OC1C3C(=O)OCC(F)(F)C(=O)[O-]. The third-order valence-corrected chi connectivity index (χ3v) is 4.17. The Labute approximate surface area is 132 Å². The molecule has 3 aliphatic heterocycles. The quantitative estimate of drug-likeness (QED) is 0.400. The molecule has 0 saturated carbocycles. The van der Waals surface area contributed by atoms with Crippen molar-refractivity contribution in [2.45, 2.75) is 37.3 Å². The normalized spacial score (nSPS) is 36.4. The summed E-state index contributed by atoms with van der Waals surface area (Å²) in [6.45, 7) is -0.639. The van der Waals surface area contributed by atoms with Crippen molar-refractivity contribution in [2.24, 2.45) is 11.8 Å². The second-order valence-electron chi connectivity index (χ2n) is 5.69. The van der Waals surface area contributed by atoms with Gasteiger partial charge >= 0.3 is 23.8 Å². The van der Waals surface area contributed by atoms with Crippen LogP contribution in [0.5, 0.6) is 0 Å². The number of rotatable bonds is 5. The van der Waals surface area contributed by atoms with Gasteiger partial charge < -0.3 is 28.8 Å². The molecule has 3 aliphatic rings. The Kier molecular flexibility index (Phi) is 3.70. The molecule has 0 aromatic rings. The van der Waals surface area contributed by atoms with Crippen molar-refractivity contribution in [3.63, 3.8) is 0 Å². The molecule has 2 bridgehead atoms. The molecule has 0 spiro atoms. The number of carboxylic acid groups (broad SMARTS) is 1. The maximum atomic E-state index is 13.0. The molecule has 11 heteroatoms. The number of hydrogen-bond acceptors (Lipinski definition) is 9. The minimum Gasteiger partial charge on any atom is -0.544 e. The molecule has 0 aromatic heterocycles. The number of ether oxygens (including phenoxy) is 4.